The normalized spacial score (nSPS) is 10.8. The summed E-state index contributed by atoms with van der Waals surface area (Å²) in [5.41, 5.74) is 0.688. The van der Waals surface area contributed by atoms with E-state index < -0.39 is 0 Å². The zero-order valence-electron chi connectivity index (χ0n) is 9.48. The zero-order valence-corrected chi connectivity index (χ0v) is 11.0. The van der Waals surface area contributed by atoms with Crippen molar-refractivity contribution in [1.82, 2.24) is 9.78 Å². The van der Waals surface area contributed by atoms with Gasteiger partial charge in [0, 0.05) is 12.2 Å². The first-order chi connectivity index (χ1) is 8.06. The van der Waals surface area contributed by atoms with Crippen molar-refractivity contribution in [3.63, 3.8) is 0 Å². The highest BCUT2D eigenvalue weighted by Gasteiger charge is 2.10. The minimum Gasteiger partial charge on any atom is -0.319 e. The summed E-state index contributed by atoms with van der Waals surface area (Å²) >= 11 is 7.03. The van der Waals surface area contributed by atoms with E-state index in [1.54, 1.807) is 29.2 Å². The van der Waals surface area contributed by atoms with Crippen LogP contribution in [-0.2, 0) is 0 Å². The second-order valence-electron chi connectivity index (χ2n) is 3.86. The molecule has 0 fully saturated rings. The molecule has 6 heteroatoms. The molecule has 17 heavy (non-hydrogen) atoms. The summed E-state index contributed by atoms with van der Waals surface area (Å²) < 4.78 is 2.39. The summed E-state index contributed by atoms with van der Waals surface area (Å²) in [4.78, 5) is 12.4. The first kappa shape index (κ1) is 12.1. The van der Waals surface area contributed by atoms with Crippen LogP contribution in [0.1, 0.15) is 29.6 Å². The van der Waals surface area contributed by atoms with Crippen LogP contribution in [0, 0.1) is 0 Å². The lowest BCUT2D eigenvalue weighted by Crippen LogP contribution is -2.09. The van der Waals surface area contributed by atoms with Gasteiger partial charge >= 0.3 is 0 Å². The average molecular weight is 270 g/mol. The van der Waals surface area contributed by atoms with Gasteiger partial charge in [-0.2, -0.15) is 5.10 Å². The fourth-order valence-electron chi connectivity index (χ4n) is 1.31. The van der Waals surface area contributed by atoms with E-state index in [-0.39, 0.29) is 11.9 Å². The van der Waals surface area contributed by atoms with Gasteiger partial charge in [-0.1, -0.05) is 11.6 Å². The molecule has 2 aromatic rings. The Morgan fingerprint density at radius 1 is 1.53 bits per heavy atom. The smallest absolute Gasteiger partial charge is 0.265 e. The summed E-state index contributed by atoms with van der Waals surface area (Å²) in [6, 6.07) is 3.69. The highest BCUT2D eigenvalue weighted by molar-refractivity contribution is 7.18. The standard InChI is InChI=1S/C11H12ClN3OS/c1-7(2)15-6-8(5-13-15)14-11(16)9-3-4-10(12)17-9/h3-7H,1-2H3,(H,14,16). The van der Waals surface area contributed by atoms with Gasteiger partial charge in [-0.15, -0.1) is 11.3 Å². The molecule has 90 valence electrons. The third kappa shape index (κ3) is 2.87. The van der Waals surface area contributed by atoms with Gasteiger partial charge in [0.15, 0.2) is 0 Å². The van der Waals surface area contributed by atoms with Crippen molar-refractivity contribution < 1.29 is 4.79 Å². The summed E-state index contributed by atoms with van der Waals surface area (Å²) in [7, 11) is 0. The van der Waals surface area contributed by atoms with Crippen LogP contribution < -0.4 is 5.32 Å². The first-order valence-corrected chi connectivity index (χ1v) is 6.36. The van der Waals surface area contributed by atoms with Gasteiger partial charge in [-0.25, -0.2) is 0 Å². The number of hydrogen-bond acceptors (Lipinski definition) is 3. The number of thiophene rings is 1. The van der Waals surface area contributed by atoms with Crippen LogP contribution in [0.4, 0.5) is 5.69 Å². The Kier molecular flexibility index (Phi) is 3.49. The third-order valence-corrected chi connectivity index (χ3v) is 3.42. The molecule has 0 spiro atoms. The number of aromatic nitrogens is 2. The van der Waals surface area contributed by atoms with E-state index >= 15 is 0 Å². The van der Waals surface area contributed by atoms with Gasteiger partial charge in [0.05, 0.1) is 21.1 Å². The number of nitrogens with one attached hydrogen (secondary N) is 1. The third-order valence-electron chi connectivity index (χ3n) is 2.19. The van der Waals surface area contributed by atoms with E-state index in [1.165, 1.54) is 11.3 Å². The molecular formula is C11H12ClN3OS. The van der Waals surface area contributed by atoms with Crippen molar-refractivity contribution in [2.24, 2.45) is 0 Å². The van der Waals surface area contributed by atoms with Gasteiger partial charge in [-0.3, -0.25) is 9.48 Å². The molecule has 0 aromatic carbocycles. The fourth-order valence-corrected chi connectivity index (χ4v) is 2.25. The highest BCUT2D eigenvalue weighted by Crippen LogP contribution is 2.22. The van der Waals surface area contributed by atoms with Crippen LogP contribution in [0.3, 0.4) is 0 Å². The lowest BCUT2D eigenvalue weighted by Gasteiger charge is -2.03. The SMILES string of the molecule is CC(C)n1cc(NC(=O)c2ccc(Cl)s2)cn1. The Balaban J connectivity index is 2.07. The van der Waals surface area contributed by atoms with Crippen molar-refractivity contribution in [2.75, 3.05) is 5.32 Å². The van der Waals surface area contributed by atoms with Crippen LogP contribution in [0.5, 0.6) is 0 Å². The molecule has 0 aliphatic heterocycles. The topological polar surface area (TPSA) is 46.9 Å². The van der Waals surface area contributed by atoms with Crippen molar-refractivity contribution in [2.45, 2.75) is 19.9 Å². The van der Waals surface area contributed by atoms with E-state index in [4.69, 9.17) is 11.6 Å². The minimum atomic E-state index is -0.162. The Labute approximate surface area is 108 Å². The number of rotatable bonds is 3. The van der Waals surface area contributed by atoms with Gasteiger partial charge in [0.25, 0.3) is 5.91 Å². The summed E-state index contributed by atoms with van der Waals surface area (Å²) in [6.07, 6.45) is 3.44. The molecule has 0 aliphatic carbocycles. The van der Waals surface area contributed by atoms with Gasteiger partial charge < -0.3 is 5.32 Å². The zero-order chi connectivity index (χ0) is 12.4. The Morgan fingerprint density at radius 2 is 2.29 bits per heavy atom. The summed E-state index contributed by atoms with van der Waals surface area (Å²) in [5, 5.41) is 6.92. The number of halogens is 1. The van der Waals surface area contributed by atoms with Crippen LogP contribution in [0.2, 0.25) is 4.34 Å². The Hall–Kier alpha value is -1.33. The average Bonchev–Trinajstić information content (AvgIpc) is 2.86. The number of carbonyl (C=O) groups excluding carboxylic acids is 1. The van der Waals surface area contributed by atoms with E-state index in [0.29, 0.717) is 14.9 Å². The maximum absolute atomic E-state index is 11.8. The Bertz CT molecular complexity index is 532. The number of anilines is 1. The molecule has 0 saturated heterocycles. The molecule has 2 heterocycles. The second kappa shape index (κ2) is 4.89. The first-order valence-electron chi connectivity index (χ1n) is 5.17. The van der Waals surface area contributed by atoms with Crippen molar-refractivity contribution >= 4 is 34.5 Å². The van der Waals surface area contributed by atoms with Gasteiger partial charge in [0.2, 0.25) is 0 Å². The van der Waals surface area contributed by atoms with Crippen LogP contribution in [0.25, 0.3) is 0 Å². The molecule has 1 N–H and O–H groups in total. The number of nitrogens with zero attached hydrogens (tertiary/aromatic N) is 2. The van der Waals surface area contributed by atoms with Crippen LogP contribution in [-0.4, -0.2) is 15.7 Å². The monoisotopic (exact) mass is 269 g/mol. The molecule has 2 aromatic heterocycles. The summed E-state index contributed by atoms with van der Waals surface area (Å²) in [5.74, 6) is -0.162. The fraction of sp³-hybridized carbons (Fsp3) is 0.273. The predicted molar refractivity (Wildman–Crippen MR) is 69.9 cm³/mol. The van der Waals surface area contributed by atoms with Gasteiger partial charge in [-0.05, 0) is 26.0 Å². The molecule has 1 amide bonds. The van der Waals surface area contributed by atoms with Crippen molar-refractivity contribution in [3.8, 4) is 0 Å². The second-order valence-corrected chi connectivity index (χ2v) is 5.58. The Morgan fingerprint density at radius 3 is 2.82 bits per heavy atom. The summed E-state index contributed by atoms with van der Waals surface area (Å²) in [6.45, 7) is 4.05. The molecule has 0 atom stereocenters. The molecule has 4 nitrogen and oxygen atoms in total. The lowest BCUT2D eigenvalue weighted by molar-refractivity contribution is 0.103. The van der Waals surface area contributed by atoms with E-state index in [0.717, 1.165) is 0 Å². The molecule has 2 rings (SSSR count). The molecule has 0 bridgehead atoms. The van der Waals surface area contributed by atoms with Crippen molar-refractivity contribution in [3.05, 3.63) is 33.7 Å². The number of hydrogen-bond donors (Lipinski definition) is 1. The maximum Gasteiger partial charge on any atom is 0.265 e. The van der Waals surface area contributed by atoms with E-state index in [9.17, 15) is 4.79 Å². The molecule has 0 saturated carbocycles. The van der Waals surface area contributed by atoms with E-state index in [2.05, 4.69) is 10.4 Å². The predicted octanol–water partition coefficient (Wildman–Crippen LogP) is 3.43. The minimum absolute atomic E-state index is 0.162. The van der Waals surface area contributed by atoms with Gasteiger partial charge in [0.1, 0.15) is 0 Å². The van der Waals surface area contributed by atoms with E-state index in [1.807, 2.05) is 13.8 Å². The largest absolute Gasteiger partial charge is 0.319 e. The lowest BCUT2D eigenvalue weighted by atomic mass is 10.4. The number of carbonyl (C=O) groups is 1. The maximum atomic E-state index is 11.8. The molecular weight excluding hydrogens is 258 g/mol. The molecule has 0 radical (unpaired) electrons. The van der Waals surface area contributed by atoms with Crippen molar-refractivity contribution in [1.29, 1.82) is 0 Å². The highest BCUT2D eigenvalue weighted by atomic mass is 35.5. The molecule has 0 aliphatic rings. The quantitative estimate of drug-likeness (QED) is 0.928. The number of amides is 1. The van der Waals surface area contributed by atoms with Crippen LogP contribution in [0.15, 0.2) is 24.5 Å². The van der Waals surface area contributed by atoms with Crippen LogP contribution >= 0.6 is 22.9 Å². The molecule has 0 unspecified atom stereocenters.